The monoisotopic (exact) mass is 213 g/mol. The Morgan fingerprint density at radius 2 is 1.93 bits per heavy atom. The van der Waals surface area contributed by atoms with E-state index in [1.807, 2.05) is 12.1 Å². The zero-order chi connectivity index (χ0) is 10.7. The molecule has 0 aliphatic heterocycles. The molecule has 14 heavy (non-hydrogen) atoms. The van der Waals surface area contributed by atoms with Crippen LogP contribution in [0.15, 0.2) is 18.2 Å². The van der Waals surface area contributed by atoms with Crippen molar-refractivity contribution in [1.82, 2.24) is 0 Å². The summed E-state index contributed by atoms with van der Waals surface area (Å²) in [7, 11) is 1.62. The number of halogens is 1. The number of nitrogens with two attached hydrogens (primary N) is 1. The summed E-state index contributed by atoms with van der Waals surface area (Å²) in [5, 5.41) is 0.662. The van der Waals surface area contributed by atoms with E-state index < -0.39 is 0 Å². The second kappa shape index (κ2) is 4.67. The Bertz CT molecular complexity index is 312. The highest BCUT2D eigenvalue weighted by molar-refractivity contribution is 6.30. The first kappa shape index (κ1) is 11.3. The van der Waals surface area contributed by atoms with Gasteiger partial charge in [-0.05, 0) is 29.7 Å². The number of rotatable bonds is 3. The van der Waals surface area contributed by atoms with E-state index in [0.29, 0.717) is 10.9 Å². The van der Waals surface area contributed by atoms with E-state index in [4.69, 9.17) is 22.1 Å². The number of ether oxygens (including phenoxy) is 1. The highest BCUT2D eigenvalue weighted by Crippen LogP contribution is 2.27. The third kappa shape index (κ3) is 2.63. The van der Waals surface area contributed by atoms with Crippen LogP contribution in [-0.4, -0.2) is 7.11 Å². The van der Waals surface area contributed by atoms with Crippen LogP contribution in [0.25, 0.3) is 0 Å². The van der Waals surface area contributed by atoms with Crippen molar-refractivity contribution in [2.75, 3.05) is 7.11 Å². The Morgan fingerprint density at radius 1 is 1.29 bits per heavy atom. The standard InChI is InChI=1S/C11H16ClNO/c1-7(2)11(13)8-4-9(12)6-10(5-8)14-3/h4-7,11H,13H2,1-3H3/t11-/m1/s1. The minimum atomic E-state index is 0.00241. The number of benzene rings is 1. The molecule has 0 saturated heterocycles. The molecule has 78 valence electrons. The molecule has 0 aromatic heterocycles. The first-order valence-electron chi connectivity index (χ1n) is 4.64. The predicted molar refractivity (Wildman–Crippen MR) is 59.8 cm³/mol. The molecule has 2 nitrogen and oxygen atoms in total. The van der Waals surface area contributed by atoms with E-state index in [2.05, 4.69) is 13.8 Å². The van der Waals surface area contributed by atoms with Crippen LogP contribution in [-0.2, 0) is 0 Å². The molecule has 0 aliphatic rings. The molecule has 1 aromatic rings. The molecule has 1 rings (SSSR count). The lowest BCUT2D eigenvalue weighted by Crippen LogP contribution is -2.16. The Hall–Kier alpha value is -0.730. The van der Waals surface area contributed by atoms with Crippen LogP contribution < -0.4 is 10.5 Å². The van der Waals surface area contributed by atoms with Crippen molar-refractivity contribution in [3.8, 4) is 5.75 Å². The van der Waals surface area contributed by atoms with Gasteiger partial charge in [-0.1, -0.05) is 25.4 Å². The molecule has 0 unspecified atom stereocenters. The topological polar surface area (TPSA) is 35.2 Å². The molecule has 2 N–H and O–H groups in total. The molecular formula is C11H16ClNO. The molecule has 0 amide bonds. The van der Waals surface area contributed by atoms with Gasteiger partial charge in [0.15, 0.2) is 0 Å². The summed E-state index contributed by atoms with van der Waals surface area (Å²) in [6.07, 6.45) is 0. The van der Waals surface area contributed by atoms with Gasteiger partial charge in [-0.2, -0.15) is 0 Å². The Kier molecular flexibility index (Phi) is 3.78. The van der Waals surface area contributed by atoms with Crippen molar-refractivity contribution in [3.63, 3.8) is 0 Å². The predicted octanol–water partition coefficient (Wildman–Crippen LogP) is 3.00. The van der Waals surface area contributed by atoms with Crippen LogP contribution in [0, 0.1) is 5.92 Å². The average Bonchev–Trinajstić information content (AvgIpc) is 2.15. The third-order valence-corrected chi connectivity index (χ3v) is 2.45. The van der Waals surface area contributed by atoms with Gasteiger partial charge in [0.2, 0.25) is 0 Å². The van der Waals surface area contributed by atoms with Gasteiger partial charge in [0.05, 0.1) is 7.11 Å². The third-order valence-electron chi connectivity index (χ3n) is 2.23. The van der Waals surface area contributed by atoms with Crippen LogP contribution >= 0.6 is 11.6 Å². The summed E-state index contributed by atoms with van der Waals surface area (Å²) >= 11 is 5.94. The zero-order valence-corrected chi connectivity index (χ0v) is 9.51. The Morgan fingerprint density at radius 3 is 2.43 bits per heavy atom. The largest absolute Gasteiger partial charge is 0.497 e. The van der Waals surface area contributed by atoms with E-state index in [1.54, 1.807) is 13.2 Å². The second-order valence-corrected chi connectivity index (χ2v) is 4.13. The fraction of sp³-hybridized carbons (Fsp3) is 0.455. The number of hydrogen-bond donors (Lipinski definition) is 1. The molecular weight excluding hydrogens is 198 g/mol. The van der Waals surface area contributed by atoms with E-state index in [9.17, 15) is 0 Å². The van der Waals surface area contributed by atoms with E-state index >= 15 is 0 Å². The summed E-state index contributed by atoms with van der Waals surface area (Å²) < 4.78 is 5.13. The van der Waals surface area contributed by atoms with Gasteiger partial charge in [0, 0.05) is 11.1 Å². The second-order valence-electron chi connectivity index (χ2n) is 3.69. The van der Waals surface area contributed by atoms with Gasteiger partial charge in [0.25, 0.3) is 0 Å². The summed E-state index contributed by atoms with van der Waals surface area (Å²) in [6, 6.07) is 5.59. The maximum atomic E-state index is 6.02. The Labute approximate surface area is 90.0 Å². The van der Waals surface area contributed by atoms with Crippen molar-refractivity contribution < 1.29 is 4.74 Å². The molecule has 1 aromatic carbocycles. The minimum Gasteiger partial charge on any atom is -0.497 e. The van der Waals surface area contributed by atoms with Crippen LogP contribution in [0.4, 0.5) is 0 Å². The van der Waals surface area contributed by atoms with Crippen molar-refractivity contribution in [3.05, 3.63) is 28.8 Å². The fourth-order valence-electron chi connectivity index (χ4n) is 1.28. The number of hydrogen-bond acceptors (Lipinski definition) is 2. The average molecular weight is 214 g/mol. The van der Waals surface area contributed by atoms with E-state index in [0.717, 1.165) is 11.3 Å². The highest BCUT2D eigenvalue weighted by atomic mass is 35.5. The number of methoxy groups -OCH3 is 1. The van der Waals surface area contributed by atoms with Crippen molar-refractivity contribution in [1.29, 1.82) is 0 Å². The van der Waals surface area contributed by atoms with Crippen LogP contribution in [0.3, 0.4) is 0 Å². The highest BCUT2D eigenvalue weighted by Gasteiger charge is 2.12. The maximum Gasteiger partial charge on any atom is 0.120 e. The first-order valence-corrected chi connectivity index (χ1v) is 5.02. The van der Waals surface area contributed by atoms with Crippen LogP contribution in [0.5, 0.6) is 5.75 Å². The smallest absolute Gasteiger partial charge is 0.120 e. The zero-order valence-electron chi connectivity index (χ0n) is 8.75. The van der Waals surface area contributed by atoms with Crippen molar-refractivity contribution >= 4 is 11.6 Å². The van der Waals surface area contributed by atoms with Crippen LogP contribution in [0.1, 0.15) is 25.5 Å². The van der Waals surface area contributed by atoms with E-state index in [-0.39, 0.29) is 6.04 Å². The summed E-state index contributed by atoms with van der Waals surface area (Å²) in [6.45, 7) is 4.16. The Balaban J connectivity index is 3.02. The summed E-state index contributed by atoms with van der Waals surface area (Å²) in [5.74, 6) is 1.14. The van der Waals surface area contributed by atoms with Crippen molar-refractivity contribution in [2.24, 2.45) is 11.7 Å². The molecule has 0 aliphatic carbocycles. The van der Waals surface area contributed by atoms with Gasteiger partial charge >= 0.3 is 0 Å². The van der Waals surface area contributed by atoms with Gasteiger partial charge in [-0.15, -0.1) is 0 Å². The molecule has 0 saturated carbocycles. The lowest BCUT2D eigenvalue weighted by Gasteiger charge is -2.17. The minimum absolute atomic E-state index is 0.00241. The maximum absolute atomic E-state index is 6.02. The van der Waals surface area contributed by atoms with Gasteiger partial charge < -0.3 is 10.5 Å². The first-order chi connectivity index (χ1) is 6.54. The molecule has 3 heteroatoms. The molecule has 0 radical (unpaired) electrons. The summed E-state index contributed by atoms with van der Waals surface area (Å²) in [5.41, 5.74) is 7.03. The molecule has 1 atom stereocenters. The van der Waals surface area contributed by atoms with Crippen LogP contribution in [0.2, 0.25) is 5.02 Å². The van der Waals surface area contributed by atoms with E-state index in [1.165, 1.54) is 0 Å². The SMILES string of the molecule is COc1cc(Cl)cc([C@H](N)C(C)C)c1. The summed E-state index contributed by atoms with van der Waals surface area (Å²) in [4.78, 5) is 0. The lowest BCUT2D eigenvalue weighted by molar-refractivity contribution is 0.412. The van der Waals surface area contributed by atoms with Crippen molar-refractivity contribution in [2.45, 2.75) is 19.9 Å². The molecule has 0 bridgehead atoms. The fourth-order valence-corrected chi connectivity index (χ4v) is 1.51. The van der Waals surface area contributed by atoms with Gasteiger partial charge in [-0.25, -0.2) is 0 Å². The lowest BCUT2D eigenvalue weighted by atomic mass is 9.97. The van der Waals surface area contributed by atoms with Gasteiger partial charge in [-0.3, -0.25) is 0 Å². The quantitative estimate of drug-likeness (QED) is 0.838. The molecule has 0 spiro atoms. The molecule has 0 fully saturated rings. The molecule has 0 heterocycles. The van der Waals surface area contributed by atoms with Gasteiger partial charge in [0.1, 0.15) is 5.75 Å². The normalized spacial score (nSPS) is 13.0.